The summed E-state index contributed by atoms with van der Waals surface area (Å²) in [5.41, 5.74) is 3.13. The first-order valence-electron chi connectivity index (χ1n) is 9.66. The average molecular weight is 388 g/mol. The van der Waals surface area contributed by atoms with Crippen LogP contribution < -0.4 is 0 Å². The fourth-order valence-corrected chi connectivity index (χ4v) is 4.19. The summed E-state index contributed by atoms with van der Waals surface area (Å²) in [6, 6.07) is 0. The summed E-state index contributed by atoms with van der Waals surface area (Å²) >= 11 is 0. The van der Waals surface area contributed by atoms with Gasteiger partial charge >= 0.3 is 0 Å². The zero-order valence-corrected chi connectivity index (χ0v) is 16.5. The third-order valence-electron chi connectivity index (χ3n) is 6.12. The van der Waals surface area contributed by atoms with Gasteiger partial charge in [0.15, 0.2) is 0 Å². The van der Waals surface area contributed by atoms with Crippen LogP contribution in [0.4, 0.5) is 13.2 Å². The Morgan fingerprint density at radius 2 is 2.00 bits per heavy atom. The van der Waals surface area contributed by atoms with Gasteiger partial charge < -0.3 is 4.90 Å². The van der Waals surface area contributed by atoms with Gasteiger partial charge in [0.1, 0.15) is 11.4 Å². The van der Waals surface area contributed by atoms with Crippen molar-refractivity contribution in [2.24, 2.45) is 10.9 Å². The van der Waals surface area contributed by atoms with Gasteiger partial charge in [0.2, 0.25) is 0 Å². The molecule has 150 valence electrons. The first kappa shape index (κ1) is 20.4. The lowest BCUT2D eigenvalue weighted by atomic mass is 9.81. The number of aliphatic imine (C=N–C) groups is 1. The van der Waals surface area contributed by atoms with Crippen molar-refractivity contribution < 1.29 is 13.2 Å². The number of alkyl halides is 2. The molecule has 0 saturated heterocycles. The number of rotatable bonds is 8. The monoisotopic (exact) mass is 388 g/mol. The molecule has 2 nitrogen and oxygen atoms in total. The summed E-state index contributed by atoms with van der Waals surface area (Å²) in [7, 11) is 1.69. The topological polar surface area (TPSA) is 15.6 Å². The van der Waals surface area contributed by atoms with Gasteiger partial charge in [0.25, 0.3) is 6.43 Å². The van der Waals surface area contributed by atoms with Crippen LogP contribution in [0.15, 0.2) is 75.9 Å². The molecule has 0 aromatic heterocycles. The van der Waals surface area contributed by atoms with Crippen LogP contribution in [0.25, 0.3) is 0 Å². The zero-order valence-electron chi connectivity index (χ0n) is 16.5. The van der Waals surface area contributed by atoms with E-state index in [-0.39, 0.29) is 11.7 Å². The number of hydrogen-bond donors (Lipinski definition) is 0. The molecule has 1 atom stereocenters. The van der Waals surface area contributed by atoms with Crippen LogP contribution in [0.2, 0.25) is 0 Å². The van der Waals surface area contributed by atoms with Gasteiger partial charge in [-0.05, 0) is 67.7 Å². The van der Waals surface area contributed by atoms with E-state index >= 15 is 0 Å². The Hall–Kier alpha value is -2.30. The van der Waals surface area contributed by atoms with Crippen molar-refractivity contribution in [3.05, 3.63) is 70.9 Å². The van der Waals surface area contributed by atoms with Crippen molar-refractivity contribution in [3.63, 3.8) is 0 Å². The highest BCUT2D eigenvalue weighted by molar-refractivity contribution is 5.55. The van der Waals surface area contributed by atoms with E-state index in [2.05, 4.69) is 24.4 Å². The molecule has 0 amide bonds. The standard InChI is InChI=1S/C23H27F3N2/c1-5-7-21(27-3)19(14-28(4)23(12-13-23)22(25)26)15(2)16-8-6-9-18-17(16)10-11-20(18)24/h5,7-8,11,14-15,22H,1,3,6,9-10,12-13H2,2,4H3/b19-14-,21-7+. The lowest BCUT2D eigenvalue weighted by Crippen LogP contribution is -2.36. The normalized spacial score (nSPS) is 22.5. The Morgan fingerprint density at radius 3 is 2.57 bits per heavy atom. The van der Waals surface area contributed by atoms with E-state index in [4.69, 9.17) is 0 Å². The lowest BCUT2D eigenvalue weighted by molar-refractivity contribution is 0.0415. The van der Waals surface area contributed by atoms with Gasteiger partial charge in [-0.15, -0.1) is 0 Å². The van der Waals surface area contributed by atoms with Crippen LogP contribution in [0.1, 0.15) is 39.0 Å². The molecule has 0 aliphatic heterocycles. The van der Waals surface area contributed by atoms with E-state index in [1.54, 1.807) is 36.4 Å². The second-order valence-corrected chi connectivity index (χ2v) is 7.68. The Labute approximate surface area is 165 Å². The maximum absolute atomic E-state index is 14.1. The molecule has 0 aromatic rings. The van der Waals surface area contributed by atoms with Crippen molar-refractivity contribution in [1.29, 1.82) is 0 Å². The molecular weight excluding hydrogens is 361 g/mol. The average Bonchev–Trinajstić information content (AvgIpc) is 3.42. The molecule has 1 unspecified atom stereocenters. The van der Waals surface area contributed by atoms with Crippen molar-refractivity contribution in [3.8, 4) is 0 Å². The minimum absolute atomic E-state index is 0.128. The van der Waals surface area contributed by atoms with E-state index in [9.17, 15) is 13.2 Å². The highest BCUT2D eigenvalue weighted by atomic mass is 19.3. The smallest absolute Gasteiger partial charge is 0.261 e. The Morgan fingerprint density at radius 1 is 1.29 bits per heavy atom. The van der Waals surface area contributed by atoms with Crippen molar-refractivity contribution in [1.82, 2.24) is 4.90 Å². The second-order valence-electron chi connectivity index (χ2n) is 7.68. The Balaban J connectivity index is 2.00. The van der Waals surface area contributed by atoms with E-state index < -0.39 is 12.0 Å². The zero-order chi connectivity index (χ0) is 20.5. The molecule has 3 rings (SSSR count). The van der Waals surface area contributed by atoms with E-state index in [0.29, 0.717) is 31.4 Å². The largest absolute Gasteiger partial charge is 0.369 e. The molecule has 1 fully saturated rings. The maximum Gasteiger partial charge on any atom is 0.261 e. The number of hydrogen-bond acceptors (Lipinski definition) is 2. The molecule has 0 bridgehead atoms. The first-order valence-corrected chi connectivity index (χ1v) is 9.66. The lowest BCUT2D eigenvalue weighted by Gasteiger charge is -2.30. The van der Waals surface area contributed by atoms with Gasteiger partial charge in [-0.25, -0.2) is 13.2 Å². The summed E-state index contributed by atoms with van der Waals surface area (Å²) in [5, 5.41) is 0. The maximum atomic E-state index is 14.1. The van der Waals surface area contributed by atoms with Crippen LogP contribution in [-0.4, -0.2) is 30.6 Å². The minimum atomic E-state index is -2.41. The molecule has 0 aromatic carbocycles. The third-order valence-corrected chi connectivity index (χ3v) is 6.12. The van der Waals surface area contributed by atoms with Crippen LogP contribution in [0.5, 0.6) is 0 Å². The van der Waals surface area contributed by atoms with Crippen LogP contribution in [0, 0.1) is 5.92 Å². The third kappa shape index (κ3) is 3.54. The van der Waals surface area contributed by atoms with E-state index in [1.165, 1.54) is 0 Å². The predicted molar refractivity (Wildman–Crippen MR) is 109 cm³/mol. The fraction of sp³-hybridized carbons (Fsp3) is 0.435. The first-order chi connectivity index (χ1) is 13.4. The number of nitrogens with zero attached hydrogens (tertiary/aromatic N) is 2. The van der Waals surface area contributed by atoms with Crippen LogP contribution in [-0.2, 0) is 0 Å². The molecule has 0 spiro atoms. The van der Waals surface area contributed by atoms with Crippen LogP contribution >= 0.6 is 0 Å². The van der Waals surface area contributed by atoms with Gasteiger partial charge in [-0.3, -0.25) is 4.99 Å². The van der Waals surface area contributed by atoms with Crippen molar-refractivity contribution in [2.75, 3.05) is 7.05 Å². The Kier molecular flexibility index (Phi) is 5.82. The minimum Gasteiger partial charge on any atom is -0.369 e. The molecule has 1 saturated carbocycles. The summed E-state index contributed by atoms with van der Waals surface area (Å²) in [5.74, 6) is -0.258. The summed E-state index contributed by atoms with van der Waals surface area (Å²) in [4.78, 5) is 5.74. The summed E-state index contributed by atoms with van der Waals surface area (Å²) in [6.45, 7) is 9.39. The van der Waals surface area contributed by atoms with Gasteiger partial charge in [-0.1, -0.05) is 25.7 Å². The predicted octanol–water partition coefficient (Wildman–Crippen LogP) is 6.28. The van der Waals surface area contributed by atoms with Crippen LogP contribution in [0.3, 0.4) is 0 Å². The molecule has 28 heavy (non-hydrogen) atoms. The van der Waals surface area contributed by atoms with Gasteiger partial charge in [0.05, 0.1) is 5.70 Å². The fourth-order valence-electron chi connectivity index (χ4n) is 4.19. The highest BCUT2D eigenvalue weighted by Gasteiger charge is 2.54. The molecule has 0 heterocycles. The molecule has 5 heteroatoms. The van der Waals surface area contributed by atoms with Crippen molar-refractivity contribution in [2.45, 2.75) is 51.0 Å². The molecule has 3 aliphatic carbocycles. The summed E-state index contributed by atoms with van der Waals surface area (Å²) < 4.78 is 41.3. The SMILES string of the molecule is C=C/C=C(N=C)\C(=C/N(C)C1(C(F)F)CC1)C(C)C1=CCCC2=C1CC=C2F. The number of halogens is 3. The molecular formula is C23H27F3N2. The second kappa shape index (κ2) is 7.98. The molecule has 0 N–H and O–H groups in total. The quantitative estimate of drug-likeness (QED) is 0.353. The van der Waals surface area contributed by atoms with Gasteiger partial charge in [-0.2, -0.15) is 0 Å². The van der Waals surface area contributed by atoms with E-state index in [0.717, 1.165) is 28.7 Å². The molecule has 3 aliphatic rings. The van der Waals surface area contributed by atoms with E-state index in [1.807, 2.05) is 6.92 Å². The summed E-state index contributed by atoms with van der Waals surface area (Å²) in [6.07, 6.45) is 9.44. The highest BCUT2D eigenvalue weighted by Crippen LogP contribution is 2.48. The molecule has 0 radical (unpaired) electrons. The number of allylic oxidation sites excluding steroid dienone is 9. The van der Waals surface area contributed by atoms with Gasteiger partial charge in [0, 0.05) is 24.7 Å². The Bertz CT molecular complexity index is 823. The van der Waals surface area contributed by atoms with Crippen molar-refractivity contribution >= 4 is 6.72 Å².